The zero-order chi connectivity index (χ0) is 19.1. The van der Waals surface area contributed by atoms with Crippen molar-refractivity contribution in [2.45, 2.75) is 129 Å². The van der Waals surface area contributed by atoms with Crippen LogP contribution in [0.4, 0.5) is 0 Å². The SMILES string of the molecule is CCCCCCCCCCCCCC(C)(C)CCC(C)CC1NCCS1. The maximum absolute atomic E-state index is 3.62. The molecule has 0 aliphatic carbocycles. The van der Waals surface area contributed by atoms with Crippen LogP contribution >= 0.6 is 11.8 Å². The molecule has 2 unspecified atom stereocenters. The molecule has 156 valence electrons. The molecule has 0 amide bonds. The standard InChI is InChI=1S/C24H49NS/c1-5-6-7-8-9-10-11-12-13-14-15-17-24(3,4)18-16-22(2)21-23-25-19-20-26-23/h22-23,25H,5-21H2,1-4H3. The Morgan fingerprint density at radius 1 is 0.885 bits per heavy atom. The molecule has 0 saturated carbocycles. The molecular weight excluding hydrogens is 334 g/mol. The van der Waals surface area contributed by atoms with Crippen molar-refractivity contribution in [2.75, 3.05) is 12.3 Å². The Balaban J connectivity index is 1.91. The van der Waals surface area contributed by atoms with Crippen molar-refractivity contribution >= 4 is 11.8 Å². The van der Waals surface area contributed by atoms with Gasteiger partial charge in [0.25, 0.3) is 0 Å². The van der Waals surface area contributed by atoms with Gasteiger partial charge in [0.1, 0.15) is 0 Å². The van der Waals surface area contributed by atoms with E-state index in [0.717, 1.165) is 11.3 Å². The number of thioether (sulfide) groups is 1. The second-order valence-corrected chi connectivity index (χ2v) is 11.0. The molecule has 1 N–H and O–H groups in total. The Hall–Kier alpha value is 0.310. The Morgan fingerprint density at radius 2 is 1.46 bits per heavy atom. The van der Waals surface area contributed by atoms with Crippen LogP contribution in [0.5, 0.6) is 0 Å². The fourth-order valence-electron chi connectivity index (χ4n) is 4.14. The van der Waals surface area contributed by atoms with Crippen molar-refractivity contribution in [3.63, 3.8) is 0 Å². The van der Waals surface area contributed by atoms with Gasteiger partial charge in [0.05, 0.1) is 5.37 Å². The van der Waals surface area contributed by atoms with Gasteiger partial charge < -0.3 is 5.32 Å². The van der Waals surface area contributed by atoms with Crippen LogP contribution in [0.1, 0.15) is 124 Å². The zero-order valence-electron chi connectivity index (χ0n) is 18.6. The van der Waals surface area contributed by atoms with Gasteiger partial charge >= 0.3 is 0 Å². The third-order valence-corrected chi connectivity index (χ3v) is 7.38. The number of rotatable bonds is 17. The summed E-state index contributed by atoms with van der Waals surface area (Å²) in [4.78, 5) is 0. The van der Waals surface area contributed by atoms with Crippen molar-refractivity contribution in [1.82, 2.24) is 5.32 Å². The molecule has 0 aromatic rings. The van der Waals surface area contributed by atoms with Gasteiger partial charge in [0.2, 0.25) is 0 Å². The molecule has 0 radical (unpaired) electrons. The second kappa shape index (κ2) is 15.3. The average Bonchev–Trinajstić information content (AvgIpc) is 3.11. The molecule has 1 rings (SSSR count). The molecule has 1 aliphatic heterocycles. The van der Waals surface area contributed by atoms with E-state index >= 15 is 0 Å². The van der Waals surface area contributed by atoms with Gasteiger partial charge in [-0.2, -0.15) is 0 Å². The molecule has 26 heavy (non-hydrogen) atoms. The summed E-state index contributed by atoms with van der Waals surface area (Å²) in [7, 11) is 0. The smallest absolute Gasteiger partial charge is 0.0535 e. The van der Waals surface area contributed by atoms with Crippen LogP contribution in [0.2, 0.25) is 0 Å². The number of hydrogen-bond acceptors (Lipinski definition) is 2. The Bertz CT molecular complexity index is 309. The van der Waals surface area contributed by atoms with Crippen molar-refractivity contribution < 1.29 is 0 Å². The van der Waals surface area contributed by atoms with Gasteiger partial charge in [-0.1, -0.05) is 105 Å². The largest absolute Gasteiger partial charge is 0.305 e. The lowest BCUT2D eigenvalue weighted by molar-refractivity contribution is 0.262. The Morgan fingerprint density at radius 3 is 2.00 bits per heavy atom. The maximum Gasteiger partial charge on any atom is 0.0535 e. The van der Waals surface area contributed by atoms with E-state index in [1.54, 1.807) is 0 Å². The van der Waals surface area contributed by atoms with Gasteiger partial charge in [0.15, 0.2) is 0 Å². The van der Waals surface area contributed by atoms with Gasteiger partial charge in [-0.05, 0) is 30.6 Å². The van der Waals surface area contributed by atoms with Gasteiger partial charge in [-0.3, -0.25) is 0 Å². The van der Waals surface area contributed by atoms with Crippen molar-refractivity contribution in [2.24, 2.45) is 11.3 Å². The fourth-order valence-corrected chi connectivity index (χ4v) is 5.37. The summed E-state index contributed by atoms with van der Waals surface area (Å²) in [6, 6.07) is 0. The minimum atomic E-state index is 0.545. The van der Waals surface area contributed by atoms with E-state index in [4.69, 9.17) is 0 Å². The molecule has 1 aliphatic rings. The third kappa shape index (κ3) is 13.5. The molecule has 0 aromatic heterocycles. The van der Waals surface area contributed by atoms with Crippen LogP contribution in [0.15, 0.2) is 0 Å². The maximum atomic E-state index is 3.62. The van der Waals surface area contributed by atoms with Crippen LogP contribution in [-0.2, 0) is 0 Å². The molecule has 1 nitrogen and oxygen atoms in total. The Labute approximate surface area is 170 Å². The highest BCUT2D eigenvalue weighted by Gasteiger charge is 2.21. The summed E-state index contributed by atoms with van der Waals surface area (Å²) < 4.78 is 0. The minimum absolute atomic E-state index is 0.545. The lowest BCUT2D eigenvalue weighted by Crippen LogP contribution is -2.22. The Kier molecular flexibility index (Phi) is 14.3. The first-order valence-electron chi connectivity index (χ1n) is 11.9. The lowest BCUT2D eigenvalue weighted by atomic mass is 9.80. The molecular formula is C24H49NS. The summed E-state index contributed by atoms with van der Waals surface area (Å²) in [5, 5.41) is 4.36. The van der Waals surface area contributed by atoms with E-state index in [-0.39, 0.29) is 0 Å². The molecule has 2 heteroatoms. The summed E-state index contributed by atoms with van der Waals surface area (Å²) in [6.07, 6.45) is 21.6. The van der Waals surface area contributed by atoms with E-state index in [0.29, 0.717) is 5.41 Å². The van der Waals surface area contributed by atoms with E-state index in [1.165, 1.54) is 109 Å². The topological polar surface area (TPSA) is 12.0 Å². The van der Waals surface area contributed by atoms with E-state index in [2.05, 4.69) is 44.8 Å². The summed E-state index contributed by atoms with van der Waals surface area (Å²) in [5.74, 6) is 2.18. The van der Waals surface area contributed by atoms with Crippen LogP contribution < -0.4 is 5.32 Å². The van der Waals surface area contributed by atoms with Gasteiger partial charge in [-0.25, -0.2) is 0 Å². The number of hydrogen-bond donors (Lipinski definition) is 1. The first kappa shape index (κ1) is 24.3. The number of nitrogens with one attached hydrogen (secondary N) is 1. The van der Waals surface area contributed by atoms with Crippen molar-refractivity contribution in [3.8, 4) is 0 Å². The summed E-state index contributed by atoms with van der Waals surface area (Å²) in [6.45, 7) is 11.0. The second-order valence-electron chi connectivity index (χ2n) is 9.64. The van der Waals surface area contributed by atoms with E-state index < -0.39 is 0 Å². The molecule has 1 fully saturated rings. The number of unbranched alkanes of at least 4 members (excludes halogenated alkanes) is 10. The van der Waals surface area contributed by atoms with Crippen molar-refractivity contribution in [1.29, 1.82) is 0 Å². The molecule has 0 aromatic carbocycles. The quantitative estimate of drug-likeness (QED) is 0.254. The fraction of sp³-hybridized carbons (Fsp3) is 1.00. The van der Waals surface area contributed by atoms with E-state index in [1.807, 2.05) is 0 Å². The molecule has 2 atom stereocenters. The van der Waals surface area contributed by atoms with Crippen LogP contribution in [0.25, 0.3) is 0 Å². The first-order chi connectivity index (χ1) is 12.5. The highest BCUT2D eigenvalue weighted by molar-refractivity contribution is 8.00. The van der Waals surface area contributed by atoms with Gasteiger partial charge in [-0.15, -0.1) is 11.8 Å². The van der Waals surface area contributed by atoms with Crippen LogP contribution in [-0.4, -0.2) is 17.7 Å². The third-order valence-electron chi connectivity index (χ3n) is 6.18. The first-order valence-corrected chi connectivity index (χ1v) is 12.9. The molecule has 0 spiro atoms. The monoisotopic (exact) mass is 383 g/mol. The predicted molar refractivity (Wildman–Crippen MR) is 122 cm³/mol. The molecule has 1 heterocycles. The van der Waals surface area contributed by atoms with Crippen LogP contribution in [0, 0.1) is 11.3 Å². The summed E-state index contributed by atoms with van der Waals surface area (Å²) in [5.41, 5.74) is 0.545. The zero-order valence-corrected chi connectivity index (χ0v) is 19.4. The lowest BCUT2D eigenvalue weighted by Gasteiger charge is -2.27. The van der Waals surface area contributed by atoms with Crippen LogP contribution in [0.3, 0.4) is 0 Å². The van der Waals surface area contributed by atoms with E-state index in [9.17, 15) is 0 Å². The molecule has 0 bridgehead atoms. The highest BCUT2D eigenvalue weighted by atomic mass is 32.2. The highest BCUT2D eigenvalue weighted by Crippen LogP contribution is 2.33. The van der Waals surface area contributed by atoms with Crippen molar-refractivity contribution in [3.05, 3.63) is 0 Å². The molecule has 1 saturated heterocycles. The average molecular weight is 384 g/mol. The minimum Gasteiger partial charge on any atom is -0.305 e. The predicted octanol–water partition coefficient (Wildman–Crippen LogP) is 8.18. The van der Waals surface area contributed by atoms with Gasteiger partial charge in [0, 0.05) is 12.3 Å². The normalized spacial score (nSPS) is 19.2. The summed E-state index contributed by atoms with van der Waals surface area (Å²) >= 11 is 2.12.